The van der Waals surface area contributed by atoms with Crippen molar-refractivity contribution in [3.63, 3.8) is 0 Å². The van der Waals surface area contributed by atoms with Gasteiger partial charge in [0.25, 0.3) is 0 Å². The van der Waals surface area contributed by atoms with Gasteiger partial charge in [0, 0.05) is 0 Å². The van der Waals surface area contributed by atoms with Crippen LogP contribution < -0.4 is 8.21 Å². The summed E-state index contributed by atoms with van der Waals surface area (Å²) in [5, 5.41) is 2.92. The molecule has 0 aromatic carbocycles. The van der Waals surface area contributed by atoms with E-state index in [1.807, 2.05) is 32.1 Å². The zero-order valence-electron chi connectivity index (χ0n) is 18.5. The molecule has 1 N–H and O–H groups in total. The number of carbonyl (C=O) groups excluding carboxylic acids is 1. The SMILES string of the molecule is CCC[CH2][Sn]([CH2]CCC)([CH2]CCC)[c]1ccc(CNC(=O)OC(C)(C)C)s1. The summed E-state index contributed by atoms with van der Waals surface area (Å²) in [6, 6.07) is 4.65. The molecule has 1 aromatic rings. The van der Waals surface area contributed by atoms with Crippen LogP contribution in [0, 0.1) is 0 Å². The standard InChI is InChI=1S/C10H14NO2S.3C4H9.Sn/c1-10(2,3)13-9(12)11-7-8-5-4-6-14-8;3*1-3-4-2;/h4-5H,7H2,1-3H3,(H,11,12);3*1,3-4H2,2H3;. The van der Waals surface area contributed by atoms with Crippen LogP contribution in [-0.4, -0.2) is 30.1 Å². The Bertz CT molecular complexity index is 529. The first-order valence-corrected chi connectivity index (χ1v) is 19.1. The van der Waals surface area contributed by atoms with Crippen LogP contribution in [-0.2, 0) is 11.3 Å². The van der Waals surface area contributed by atoms with Gasteiger partial charge in [0.2, 0.25) is 0 Å². The summed E-state index contributed by atoms with van der Waals surface area (Å²) >= 11 is -0.355. The number of nitrogens with one attached hydrogen (secondary N) is 1. The number of carbonyl (C=O) groups is 1. The Kier molecular flexibility index (Phi) is 11.4. The molecule has 0 saturated carbocycles. The predicted molar refractivity (Wildman–Crippen MR) is 122 cm³/mol. The molecule has 0 aliphatic heterocycles. The zero-order chi connectivity index (χ0) is 20.3. The molecule has 0 spiro atoms. The van der Waals surface area contributed by atoms with Gasteiger partial charge in [0.1, 0.15) is 0 Å². The third kappa shape index (κ3) is 9.20. The molecule has 0 radical (unpaired) electrons. The van der Waals surface area contributed by atoms with Gasteiger partial charge in [-0.15, -0.1) is 0 Å². The van der Waals surface area contributed by atoms with Crippen LogP contribution in [0.3, 0.4) is 0 Å². The van der Waals surface area contributed by atoms with Crippen LogP contribution in [0.1, 0.15) is 84.9 Å². The number of ether oxygens (including phenoxy) is 1. The number of hydrogen-bond acceptors (Lipinski definition) is 3. The Morgan fingerprint density at radius 3 is 1.96 bits per heavy atom. The summed E-state index contributed by atoms with van der Waals surface area (Å²) < 4.78 is 11.6. The fraction of sp³-hybridized carbons (Fsp3) is 0.773. The van der Waals surface area contributed by atoms with E-state index in [1.54, 1.807) is 2.89 Å². The summed E-state index contributed by atoms with van der Waals surface area (Å²) in [7, 11) is 0. The van der Waals surface area contributed by atoms with Gasteiger partial charge in [0.05, 0.1) is 0 Å². The second-order valence-corrected chi connectivity index (χ2v) is 24.0. The Hall–Kier alpha value is -0.231. The third-order valence-electron chi connectivity index (χ3n) is 5.02. The van der Waals surface area contributed by atoms with Crippen molar-refractivity contribution in [2.75, 3.05) is 0 Å². The number of unbranched alkanes of at least 4 members (excludes halogenated alkanes) is 3. The van der Waals surface area contributed by atoms with Crippen LogP contribution in [0.4, 0.5) is 4.79 Å². The maximum absolute atomic E-state index is 11.9. The van der Waals surface area contributed by atoms with Crippen molar-refractivity contribution >= 4 is 38.7 Å². The first kappa shape index (κ1) is 24.8. The summed E-state index contributed by atoms with van der Waals surface area (Å²) in [5.74, 6) is 0. The molecule has 0 aliphatic carbocycles. The van der Waals surface area contributed by atoms with E-state index in [0.717, 1.165) is 0 Å². The van der Waals surface area contributed by atoms with Crippen LogP contribution in [0.5, 0.6) is 0 Å². The molecule has 3 nitrogen and oxygen atoms in total. The molecule has 1 aromatic heterocycles. The van der Waals surface area contributed by atoms with E-state index >= 15 is 0 Å². The monoisotopic (exact) mass is 503 g/mol. The number of thiophene rings is 1. The van der Waals surface area contributed by atoms with E-state index < -0.39 is 24.0 Å². The van der Waals surface area contributed by atoms with Crippen LogP contribution >= 0.6 is 11.3 Å². The second-order valence-electron chi connectivity index (χ2n) is 8.71. The molecular weight excluding hydrogens is 461 g/mol. The van der Waals surface area contributed by atoms with Gasteiger partial charge in [-0.3, -0.25) is 0 Å². The van der Waals surface area contributed by atoms with Crippen molar-refractivity contribution in [3.8, 4) is 0 Å². The molecule has 0 atom stereocenters. The molecule has 0 fully saturated rings. The van der Waals surface area contributed by atoms with E-state index in [-0.39, 0.29) is 6.09 Å². The fourth-order valence-corrected chi connectivity index (χ4v) is 23.8. The first-order chi connectivity index (χ1) is 12.8. The van der Waals surface area contributed by atoms with Crippen molar-refractivity contribution in [1.29, 1.82) is 0 Å². The van der Waals surface area contributed by atoms with Crippen LogP contribution in [0.25, 0.3) is 0 Å². The Morgan fingerprint density at radius 2 is 1.52 bits per heavy atom. The normalized spacial score (nSPS) is 12.2. The molecule has 1 amide bonds. The Balaban J connectivity index is 2.88. The molecule has 27 heavy (non-hydrogen) atoms. The van der Waals surface area contributed by atoms with Crippen molar-refractivity contribution in [3.05, 3.63) is 17.0 Å². The molecule has 0 saturated heterocycles. The minimum absolute atomic E-state index is 0.324. The van der Waals surface area contributed by atoms with E-state index in [9.17, 15) is 4.79 Å². The Morgan fingerprint density at radius 1 is 1.00 bits per heavy atom. The Labute approximate surface area is 175 Å². The molecular formula is C22H41NO2SSn. The zero-order valence-corrected chi connectivity index (χ0v) is 22.1. The quantitative estimate of drug-likeness (QED) is 0.318. The number of hydrogen-bond donors (Lipinski definition) is 1. The van der Waals surface area contributed by atoms with Crippen molar-refractivity contribution in [2.45, 2.75) is 106 Å². The maximum atomic E-state index is 11.9. The van der Waals surface area contributed by atoms with Gasteiger partial charge in [-0.05, 0) is 0 Å². The summed E-state index contributed by atoms with van der Waals surface area (Å²) in [5.41, 5.74) is -0.448. The first-order valence-electron chi connectivity index (χ1n) is 10.8. The number of amides is 1. The van der Waals surface area contributed by atoms with Crippen LogP contribution in [0.2, 0.25) is 13.3 Å². The van der Waals surface area contributed by atoms with E-state index in [1.165, 1.54) is 56.7 Å². The van der Waals surface area contributed by atoms with Gasteiger partial charge in [-0.2, -0.15) is 0 Å². The van der Waals surface area contributed by atoms with Gasteiger partial charge in [-0.1, -0.05) is 0 Å². The molecule has 1 heterocycles. The summed E-state index contributed by atoms with van der Waals surface area (Å²) in [6.07, 6.45) is 7.72. The number of rotatable bonds is 12. The van der Waals surface area contributed by atoms with Gasteiger partial charge in [-0.25, -0.2) is 0 Å². The molecule has 156 valence electrons. The topological polar surface area (TPSA) is 38.3 Å². The van der Waals surface area contributed by atoms with E-state index in [4.69, 9.17) is 4.74 Å². The second kappa shape index (κ2) is 12.4. The average molecular weight is 502 g/mol. The summed E-state index contributed by atoms with van der Waals surface area (Å²) in [6.45, 7) is 13.2. The van der Waals surface area contributed by atoms with Gasteiger partial charge < -0.3 is 0 Å². The van der Waals surface area contributed by atoms with Crippen molar-refractivity contribution < 1.29 is 9.53 Å². The van der Waals surface area contributed by atoms with Gasteiger partial charge >= 0.3 is 176 Å². The molecule has 1 rings (SSSR count). The van der Waals surface area contributed by atoms with Crippen molar-refractivity contribution in [2.24, 2.45) is 0 Å². The molecule has 0 bridgehead atoms. The molecule has 0 aliphatic rings. The van der Waals surface area contributed by atoms with Crippen LogP contribution in [0.15, 0.2) is 12.1 Å². The fourth-order valence-electron chi connectivity index (χ4n) is 3.52. The average Bonchev–Trinajstić information content (AvgIpc) is 3.08. The third-order valence-corrected chi connectivity index (χ3v) is 24.4. The summed E-state index contributed by atoms with van der Waals surface area (Å²) in [4.78, 5) is 13.2. The van der Waals surface area contributed by atoms with Crippen molar-refractivity contribution in [1.82, 2.24) is 5.32 Å². The predicted octanol–water partition coefficient (Wildman–Crippen LogP) is 6.83. The van der Waals surface area contributed by atoms with E-state index in [0.29, 0.717) is 6.54 Å². The van der Waals surface area contributed by atoms with E-state index in [2.05, 4.69) is 38.2 Å². The minimum atomic E-state index is -2.33. The molecule has 0 unspecified atom stereocenters. The number of alkyl carbamates (subject to hydrolysis) is 1. The molecule has 5 heteroatoms. The van der Waals surface area contributed by atoms with Gasteiger partial charge in [0.15, 0.2) is 0 Å².